The third-order valence-corrected chi connectivity index (χ3v) is 8.47. The lowest BCUT2D eigenvalue weighted by atomic mass is 9.89. The second-order valence-corrected chi connectivity index (χ2v) is 11.4. The zero-order valence-electron chi connectivity index (χ0n) is 25.3. The number of oxazole rings is 1. The van der Waals surface area contributed by atoms with Crippen molar-refractivity contribution in [2.45, 2.75) is 45.9 Å². The van der Waals surface area contributed by atoms with E-state index in [9.17, 15) is 18.7 Å². The molecule has 11 heteroatoms. The first kappa shape index (κ1) is 30.7. The lowest BCUT2D eigenvalue weighted by Gasteiger charge is -2.22. The third-order valence-electron chi connectivity index (χ3n) is 8.47. The fourth-order valence-electron chi connectivity index (χ4n) is 6.24. The van der Waals surface area contributed by atoms with E-state index in [0.29, 0.717) is 36.4 Å². The number of hydrogen-bond acceptors (Lipinski definition) is 6. The molecule has 46 heavy (non-hydrogen) atoms. The van der Waals surface area contributed by atoms with Crippen molar-refractivity contribution in [2.24, 2.45) is 5.73 Å². The highest BCUT2D eigenvalue weighted by Gasteiger charge is 2.31. The number of guanidine groups is 1. The van der Waals surface area contributed by atoms with Crippen LogP contribution in [-0.2, 0) is 11.3 Å². The minimum Gasteiger partial charge on any atom is -0.480 e. The van der Waals surface area contributed by atoms with E-state index in [1.165, 1.54) is 6.07 Å². The largest absolute Gasteiger partial charge is 0.480 e. The molecule has 5 N–H and O–H groups in total. The zero-order chi connectivity index (χ0) is 32.5. The van der Waals surface area contributed by atoms with Crippen LogP contribution in [0.5, 0.6) is 5.75 Å². The Labute approximate surface area is 264 Å². The molecular formula is C35H33F2N5O4. The minimum atomic E-state index is -3.06. The Morgan fingerprint density at radius 2 is 1.72 bits per heavy atom. The molecule has 1 fully saturated rings. The van der Waals surface area contributed by atoms with Crippen LogP contribution in [0.1, 0.15) is 29.5 Å². The molecule has 9 nitrogen and oxygen atoms in total. The number of aliphatic carboxylic acids is 1. The Hall–Kier alpha value is -5.29. The summed E-state index contributed by atoms with van der Waals surface area (Å²) in [6.07, 6.45) is 1.21. The van der Waals surface area contributed by atoms with E-state index in [-0.39, 0.29) is 23.8 Å². The van der Waals surface area contributed by atoms with Gasteiger partial charge in [-0.2, -0.15) is 8.78 Å². The molecule has 1 aliphatic rings. The normalized spacial score (nSPS) is 15.0. The van der Waals surface area contributed by atoms with Gasteiger partial charge < -0.3 is 25.3 Å². The monoisotopic (exact) mass is 625 g/mol. The maximum atomic E-state index is 13.4. The number of benzene rings is 4. The highest BCUT2D eigenvalue weighted by molar-refractivity contribution is 5.90. The molecule has 0 bridgehead atoms. The number of aromatic nitrogens is 1. The number of rotatable bonds is 9. The van der Waals surface area contributed by atoms with Crippen LogP contribution in [0.25, 0.3) is 44.8 Å². The molecule has 4 aromatic carbocycles. The van der Waals surface area contributed by atoms with Crippen LogP contribution >= 0.6 is 0 Å². The van der Waals surface area contributed by atoms with Gasteiger partial charge in [-0.1, -0.05) is 42.5 Å². The summed E-state index contributed by atoms with van der Waals surface area (Å²) in [5, 5.41) is 19.8. The third kappa shape index (κ3) is 6.14. The Morgan fingerprint density at radius 3 is 2.37 bits per heavy atom. The van der Waals surface area contributed by atoms with Gasteiger partial charge in [0, 0.05) is 29.4 Å². The van der Waals surface area contributed by atoms with E-state index >= 15 is 0 Å². The number of carboxylic acids is 1. The molecule has 0 spiro atoms. The van der Waals surface area contributed by atoms with Crippen LogP contribution < -0.4 is 15.8 Å². The summed E-state index contributed by atoms with van der Waals surface area (Å²) in [6, 6.07) is 22.1. The highest BCUT2D eigenvalue weighted by Crippen LogP contribution is 2.39. The van der Waals surface area contributed by atoms with Crippen LogP contribution in [0.15, 0.2) is 77.2 Å². The van der Waals surface area contributed by atoms with Gasteiger partial charge >= 0.3 is 12.6 Å². The maximum Gasteiger partial charge on any atom is 0.387 e. The molecule has 0 unspecified atom stereocenters. The van der Waals surface area contributed by atoms with E-state index in [4.69, 9.17) is 25.3 Å². The van der Waals surface area contributed by atoms with E-state index in [1.54, 1.807) is 11.0 Å². The first-order chi connectivity index (χ1) is 22.1. The van der Waals surface area contributed by atoms with Crippen molar-refractivity contribution in [2.75, 3.05) is 11.9 Å². The second-order valence-electron chi connectivity index (χ2n) is 11.4. The van der Waals surface area contributed by atoms with Crippen LogP contribution in [0.2, 0.25) is 0 Å². The van der Waals surface area contributed by atoms with Gasteiger partial charge in [0.1, 0.15) is 17.3 Å². The van der Waals surface area contributed by atoms with Crippen molar-refractivity contribution in [3.8, 4) is 39.5 Å². The van der Waals surface area contributed by atoms with E-state index in [2.05, 4.69) is 24.4 Å². The number of hydrogen-bond donors (Lipinski definition) is 4. The summed E-state index contributed by atoms with van der Waals surface area (Å²) < 4.78 is 37.7. The van der Waals surface area contributed by atoms with Crippen molar-refractivity contribution in [3.05, 3.63) is 89.5 Å². The summed E-state index contributed by atoms with van der Waals surface area (Å²) in [5.41, 5.74) is 14.2. The lowest BCUT2D eigenvalue weighted by Crippen LogP contribution is -2.35. The fourth-order valence-corrected chi connectivity index (χ4v) is 6.24. The van der Waals surface area contributed by atoms with E-state index in [1.807, 2.05) is 55.5 Å². The Balaban J connectivity index is 1.36. The quantitative estimate of drug-likeness (QED) is 0.0982. The highest BCUT2D eigenvalue weighted by atomic mass is 19.3. The number of carboxylic acid groups (broad SMARTS) is 1. The van der Waals surface area contributed by atoms with Gasteiger partial charge in [-0.15, -0.1) is 0 Å². The number of halogens is 2. The van der Waals surface area contributed by atoms with Gasteiger partial charge in [0.05, 0.1) is 0 Å². The zero-order valence-corrected chi connectivity index (χ0v) is 25.3. The van der Waals surface area contributed by atoms with Crippen LogP contribution in [0, 0.1) is 19.3 Å². The molecule has 1 aromatic heterocycles. The summed E-state index contributed by atoms with van der Waals surface area (Å²) in [6.45, 7) is 1.68. The van der Waals surface area contributed by atoms with Gasteiger partial charge in [-0.25, -0.2) is 4.98 Å². The predicted molar refractivity (Wildman–Crippen MR) is 173 cm³/mol. The molecule has 0 radical (unpaired) electrons. The van der Waals surface area contributed by atoms with Gasteiger partial charge in [-0.3, -0.25) is 15.1 Å². The first-order valence-corrected chi connectivity index (χ1v) is 14.9. The van der Waals surface area contributed by atoms with Crippen molar-refractivity contribution in [1.82, 2.24) is 9.88 Å². The van der Waals surface area contributed by atoms with E-state index in [0.717, 1.165) is 44.6 Å². The first-order valence-electron chi connectivity index (χ1n) is 14.9. The van der Waals surface area contributed by atoms with Crippen molar-refractivity contribution in [3.63, 3.8) is 0 Å². The molecule has 0 saturated carbocycles. The SMILES string of the molecule is Cc1c(-c2ccc(NC(=N)N)cc2)cccc1-c1cccc(-c2nc3cc(CN4CCC[C@H]4C(=O)O)c(OC(F)F)cc3o2)c1C. The molecule has 1 saturated heterocycles. The average Bonchev–Trinajstić information content (AvgIpc) is 3.65. The standard InChI is InChI=1S/C35H33F2N5O4/c1-19-24(21-11-13-23(14-12-21)40-35(38)39)6-3-7-25(19)26-8-4-9-27(20(26)2)32-41-28-16-22(18-42-15-5-10-29(42)33(43)44)30(46-34(36)37)17-31(28)45-32/h3-4,6-9,11-14,16-17,29,34H,5,10,15,18H2,1-2H3,(H,43,44)(H4,38,39,40)/t29-/m0/s1. The maximum absolute atomic E-state index is 13.4. The van der Waals surface area contributed by atoms with Crippen molar-refractivity contribution >= 4 is 28.7 Å². The number of nitrogens with two attached hydrogens (primary N) is 1. The summed E-state index contributed by atoms with van der Waals surface area (Å²) in [5.74, 6) is -0.793. The molecule has 6 rings (SSSR count). The summed E-state index contributed by atoms with van der Waals surface area (Å²) in [7, 11) is 0. The number of likely N-dealkylation sites (tertiary alicyclic amines) is 1. The van der Waals surface area contributed by atoms with E-state index < -0.39 is 18.6 Å². The molecule has 1 aliphatic heterocycles. The molecular weight excluding hydrogens is 592 g/mol. The molecule has 2 heterocycles. The molecule has 1 atom stereocenters. The number of fused-ring (bicyclic) bond motifs is 1. The predicted octanol–water partition coefficient (Wildman–Crippen LogP) is 7.40. The smallest absolute Gasteiger partial charge is 0.387 e. The van der Waals surface area contributed by atoms with Crippen molar-refractivity contribution < 1.29 is 27.8 Å². The number of carbonyl (C=O) groups is 1. The van der Waals surface area contributed by atoms with Crippen LogP contribution in [-0.4, -0.2) is 46.1 Å². The van der Waals surface area contributed by atoms with Crippen molar-refractivity contribution in [1.29, 1.82) is 5.41 Å². The van der Waals surface area contributed by atoms with Gasteiger partial charge in [0.2, 0.25) is 5.89 Å². The van der Waals surface area contributed by atoms with Gasteiger partial charge in [0.15, 0.2) is 11.5 Å². The molecule has 0 aliphatic carbocycles. The number of nitrogens with zero attached hydrogens (tertiary/aromatic N) is 2. The second kappa shape index (κ2) is 12.6. The average molecular weight is 626 g/mol. The minimum absolute atomic E-state index is 0.0655. The molecule has 0 amide bonds. The number of alkyl halides is 2. The molecule has 5 aromatic rings. The number of nitrogens with one attached hydrogen (secondary N) is 2. The van der Waals surface area contributed by atoms with Gasteiger partial charge in [0.25, 0.3) is 0 Å². The summed E-state index contributed by atoms with van der Waals surface area (Å²) in [4.78, 5) is 18.2. The summed E-state index contributed by atoms with van der Waals surface area (Å²) >= 11 is 0. The van der Waals surface area contributed by atoms with Crippen LogP contribution in [0.4, 0.5) is 14.5 Å². The van der Waals surface area contributed by atoms with Gasteiger partial charge in [-0.05, 0) is 90.9 Å². The molecule has 236 valence electrons. The number of anilines is 1. The Morgan fingerprint density at radius 1 is 1.07 bits per heavy atom. The Bertz CT molecular complexity index is 1940. The topological polar surface area (TPSA) is 138 Å². The fraction of sp³-hybridized carbons (Fsp3) is 0.229. The lowest BCUT2D eigenvalue weighted by molar-refractivity contribution is -0.142. The Kier molecular flexibility index (Phi) is 8.42. The van der Waals surface area contributed by atoms with Crippen LogP contribution in [0.3, 0.4) is 0 Å². The number of ether oxygens (including phenoxy) is 1.